The molecule has 1 aliphatic carbocycles. The number of nitriles is 1. The number of ether oxygens (including phenoxy) is 2. The fourth-order valence-corrected chi connectivity index (χ4v) is 3.60. The molecule has 0 radical (unpaired) electrons. The maximum absolute atomic E-state index is 14.2. The van der Waals surface area contributed by atoms with Gasteiger partial charge < -0.3 is 9.47 Å². The molecule has 0 heterocycles. The van der Waals surface area contributed by atoms with Crippen LogP contribution in [0.5, 0.6) is 11.5 Å². The molecule has 1 fully saturated rings. The Morgan fingerprint density at radius 3 is 2.52 bits per heavy atom. The lowest BCUT2D eigenvalue weighted by Crippen LogP contribution is -2.15. The predicted octanol–water partition coefficient (Wildman–Crippen LogP) is 6.82. The minimum atomic E-state index is -4.74. The first-order chi connectivity index (χ1) is 15.3. The molecule has 0 aliphatic heterocycles. The van der Waals surface area contributed by atoms with Gasteiger partial charge in [0.1, 0.15) is 22.7 Å². The first-order valence-electron chi connectivity index (χ1n) is 9.62. The van der Waals surface area contributed by atoms with Gasteiger partial charge in [0.15, 0.2) is 11.6 Å². The Morgan fingerprint density at radius 1 is 1.21 bits per heavy atom. The number of carbonyl (C=O) groups is 1. The molecular formula is C23H17ClF5NO3. The molecule has 1 saturated carbocycles. The zero-order valence-electron chi connectivity index (χ0n) is 17.3. The Bertz CT molecular complexity index is 1140. The standard InChI is InChI=1S/C23H17ClF5NO3/c1-22(2)15(10-19(24)23(27,28)29)20(22)21(31)33-18(11-30)12-6-7-16(26)17(8-12)32-14-5-3-4-13(25)9-14/h3-10,15,18,20H,1-2H3/b19-10-/t15-,18+,20-/m0/s1. The van der Waals surface area contributed by atoms with Crippen molar-refractivity contribution in [1.82, 2.24) is 0 Å². The second-order valence-corrected chi connectivity index (χ2v) is 8.44. The molecule has 0 spiro atoms. The highest BCUT2D eigenvalue weighted by Gasteiger charge is 2.62. The highest BCUT2D eigenvalue weighted by molar-refractivity contribution is 6.30. The number of allylic oxidation sites excluding steroid dienone is 2. The van der Waals surface area contributed by atoms with Crippen molar-refractivity contribution in [1.29, 1.82) is 5.26 Å². The first-order valence-corrected chi connectivity index (χ1v) is 10.00. The summed E-state index contributed by atoms with van der Waals surface area (Å²) in [6.07, 6.45) is -5.46. The Morgan fingerprint density at radius 2 is 1.91 bits per heavy atom. The second-order valence-electron chi connectivity index (χ2n) is 8.03. The summed E-state index contributed by atoms with van der Waals surface area (Å²) in [5.74, 6) is -4.41. The largest absolute Gasteiger partial charge is 0.454 e. The normalized spacial score (nSPS) is 20.5. The third-order valence-corrected chi connectivity index (χ3v) is 5.73. The monoisotopic (exact) mass is 485 g/mol. The van der Waals surface area contributed by atoms with E-state index in [1.807, 2.05) is 0 Å². The van der Waals surface area contributed by atoms with Gasteiger partial charge in [-0.2, -0.15) is 18.4 Å². The van der Waals surface area contributed by atoms with Gasteiger partial charge in [-0.25, -0.2) is 8.78 Å². The smallest absolute Gasteiger partial charge is 0.426 e. The van der Waals surface area contributed by atoms with Crippen molar-refractivity contribution in [3.63, 3.8) is 0 Å². The van der Waals surface area contributed by atoms with E-state index in [1.165, 1.54) is 24.3 Å². The van der Waals surface area contributed by atoms with Crippen LogP contribution in [-0.2, 0) is 9.53 Å². The topological polar surface area (TPSA) is 59.3 Å². The van der Waals surface area contributed by atoms with Crippen molar-refractivity contribution in [3.8, 4) is 17.6 Å². The number of carbonyl (C=O) groups excluding carboxylic acids is 1. The maximum atomic E-state index is 14.2. The number of nitrogens with zero attached hydrogens (tertiary/aromatic N) is 1. The van der Waals surface area contributed by atoms with Gasteiger partial charge in [0, 0.05) is 11.6 Å². The lowest BCUT2D eigenvalue weighted by Gasteiger charge is -2.14. The number of alkyl halides is 3. The average molecular weight is 486 g/mol. The quantitative estimate of drug-likeness (QED) is 0.332. The summed E-state index contributed by atoms with van der Waals surface area (Å²) >= 11 is 5.29. The highest BCUT2D eigenvalue weighted by atomic mass is 35.5. The molecule has 0 N–H and O–H groups in total. The zero-order valence-corrected chi connectivity index (χ0v) is 18.0. The number of hydrogen-bond donors (Lipinski definition) is 0. The van der Waals surface area contributed by atoms with Crippen molar-refractivity contribution >= 4 is 17.6 Å². The van der Waals surface area contributed by atoms with Gasteiger partial charge in [0.25, 0.3) is 0 Å². The maximum Gasteiger partial charge on any atom is 0.426 e. The molecule has 0 aromatic heterocycles. The summed E-state index contributed by atoms with van der Waals surface area (Å²) in [5, 5.41) is 8.13. The van der Waals surface area contributed by atoms with E-state index >= 15 is 0 Å². The van der Waals surface area contributed by atoms with Gasteiger partial charge in [-0.3, -0.25) is 4.79 Å². The lowest BCUT2D eigenvalue weighted by molar-refractivity contribution is -0.149. The van der Waals surface area contributed by atoms with E-state index in [0.29, 0.717) is 0 Å². The van der Waals surface area contributed by atoms with Crippen LogP contribution in [0.1, 0.15) is 25.5 Å². The van der Waals surface area contributed by atoms with E-state index in [9.17, 15) is 32.0 Å². The Hall–Kier alpha value is -3.12. The van der Waals surface area contributed by atoms with Crippen LogP contribution in [0.15, 0.2) is 53.6 Å². The Balaban J connectivity index is 1.77. The number of rotatable bonds is 6. The van der Waals surface area contributed by atoms with Crippen LogP contribution in [0.2, 0.25) is 0 Å². The molecule has 174 valence electrons. The third-order valence-electron chi connectivity index (χ3n) is 5.39. The van der Waals surface area contributed by atoms with Crippen LogP contribution >= 0.6 is 11.6 Å². The second kappa shape index (κ2) is 9.02. The minimum absolute atomic E-state index is 0.00690. The molecule has 0 bridgehead atoms. The fourth-order valence-electron chi connectivity index (χ4n) is 3.47. The molecule has 4 nitrogen and oxygen atoms in total. The number of benzene rings is 2. The van der Waals surface area contributed by atoms with Gasteiger partial charge in [0.05, 0.1) is 5.92 Å². The van der Waals surface area contributed by atoms with Crippen LogP contribution in [0.3, 0.4) is 0 Å². The van der Waals surface area contributed by atoms with Crippen LogP contribution in [0.25, 0.3) is 0 Å². The molecule has 2 aromatic carbocycles. The molecule has 0 saturated heterocycles. The third kappa shape index (κ3) is 5.45. The molecule has 10 heteroatoms. The molecular weight excluding hydrogens is 469 g/mol. The molecule has 1 aliphatic rings. The van der Waals surface area contributed by atoms with Crippen molar-refractivity contribution in [2.75, 3.05) is 0 Å². The summed E-state index contributed by atoms with van der Waals surface area (Å²) in [6.45, 7) is 3.15. The summed E-state index contributed by atoms with van der Waals surface area (Å²) in [4.78, 5) is 12.6. The molecule has 2 aromatic rings. The zero-order chi connectivity index (χ0) is 24.6. The number of esters is 1. The predicted molar refractivity (Wildman–Crippen MR) is 108 cm³/mol. The van der Waals surface area contributed by atoms with Gasteiger partial charge in [-0.05, 0) is 35.6 Å². The summed E-state index contributed by atoms with van der Waals surface area (Å²) in [7, 11) is 0. The van der Waals surface area contributed by atoms with E-state index < -0.39 is 52.2 Å². The van der Waals surface area contributed by atoms with Crippen molar-refractivity contribution in [3.05, 3.63) is 70.8 Å². The van der Waals surface area contributed by atoms with Gasteiger partial charge in [-0.1, -0.05) is 43.7 Å². The molecule has 0 unspecified atom stereocenters. The Kier molecular flexibility index (Phi) is 6.70. The van der Waals surface area contributed by atoms with Crippen LogP contribution in [-0.4, -0.2) is 12.1 Å². The van der Waals surface area contributed by atoms with E-state index in [-0.39, 0.29) is 17.1 Å². The summed E-state index contributed by atoms with van der Waals surface area (Å²) in [5.41, 5.74) is -0.797. The minimum Gasteiger partial charge on any atom is -0.454 e. The van der Waals surface area contributed by atoms with Crippen molar-refractivity contribution in [2.24, 2.45) is 17.3 Å². The van der Waals surface area contributed by atoms with Gasteiger partial charge in [-0.15, -0.1) is 0 Å². The van der Waals surface area contributed by atoms with E-state index in [4.69, 9.17) is 21.1 Å². The number of hydrogen-bond acceptors (Lipinski definition) is 4. The van der Waals surface area contributed by atoms with Crippen molar-refractivity contribution in [2.45, 2.75) is 26.1 Å². The SMILES string of the molecule is CC1(C)[C@H](C(=O)O[C@H](C#N)c2ccc(F)c(Oc3cccc(F)c3)c2)[C@@H]1/C=C(\Cl)C(F)(F)F. The van der Waals surface area contributed by atoms with Gasteiger partial charge >= 0.3 is 12.1 Å². The van der Waals surface area contributed by atoms with Crippen molar-refractivity contribution < 1.29 is 36.2 Å². The van der Waals surface area contributed by atoms with E-state index in [1.54, 1.807) is 19.9 Å². The fraction of sp³-hybridized carbons (Fsp3) is 0.304. The average Bonchev–Trinajstić information content (AvgIpc) is 3.27. The molecule has 3 rings (SSSR count). The van der Waals surface area contributed by atoms with Crippen LogP contribution in [0.4, 0.5) is 22.0 Å². The van der Waals surface area contributed by atoms with E-state index in [0.717, 1.165) is 24.3 Å². The summed E-state index contributed by atoms with van der Waals surface area (Å²) < 4.78 is 76.2. The van der Waals surface area contributed by atoms with Crippen LogP contribution < -0.4 is 4.74 Å². The lowest BCUT2D eigenvalue weighted by atomic mass is 10.1. The van der Waals surface area contributed by atoms with Gasteiger partial charge in [0.2, 0.25) is 6.10 Å². The van der Waals surface area contributed by atoms with Crippen LogP contribution in [0, 0.1) is 40.2 Å². The highest BCUT2D eigenvalue weighted by Crippen LogP contribution is 2.60. The molecule has 0 amide bonds. The molecule has 33 heavy (non-hydrogen) atoms. The summed E-state index contributed by atoms with van der Waals surface area (Å²) in [6, 6.07) is 10.0. The first kappa shape index (κ1) is 24.5. The molecule has 3 atom stereocenters. The van der Waals surface area contributed by atoms with E-state index in [2.05, 4.69) is 0 Å². The Labute approximate surface area is 191 Å². The number of halogens is 6.